The molecule has 3 aliphatic heterocycles. The van der Waals surface area contributed by atoms with E-state index < -0.39 is 0 Å². The third-order valence-electron chi connectivity index (χ3n) is 6.69. The van der Waals surface area contributed by atoms with Gasteiger partial charge in [0, 0.05) is 37.3 Å². The van der Waals surface area contributed by atoms with Crippen molar-refractivity contribution in [1.29, 1.82) is 0 Å². The fourth-order valence-electron chi connectivity index (χ4n) is 4.81. The summed E-state index contributed by atoms with van der Waals surface area (Å²) in [4.78, 5) is 15.5. The second-order valence-electron chi connectivity index (χ2n) is 9.55. The van der Waals surface area contributed by atoms with Gasteiger partial charge in [-0.05, 0) is 51.5 Å². The maximum atomic E-state index is 13.1. The molecule has 168 valence electrons. The largest absolute Gasteiger partial charge is 0.381 e. The molecule has 2 atom stereocenters. The number of hydrogen-bond acceptors (Lipinski definition) is 7. The fourth-order valence-corrected chi connectivity index (χ4v) is 4.81. The molecule has 0 aromatic carbocycles. The Morgan fingerprint density at radius 2 is 2.00 bits per heavy atom. The van der Waals surface area contributed by atoms with Crippen molar-refractivity contribution in [1.82, 2.24) is 10.1 Å². The zero-order chi connectivity index (χ0) is 21.0. The van der Waals surface area contributed by atoms with Gasteiger partial charge in [0.15, 0.2) is 12.1 Å². The molecule has 7 heteroatoms. The zero-order valence-corrected chi connectivity index (χ0v) is 18.4. The van der Waals surface area contributed by atoms with Gasteiger partial charge in [0.2, 0.25) is 0 Å². The summed E-state index contributed by atoms with van der Waals surface area (Å²) in [6, 6.07) is 2.40. The van der Waals surface area contributed by atoms with E-state index in [0.717, 1.165) is 77.0 Å². The van der Waals surface area contributed by atoms with E-state index in [0.29, 0.717) is 24.8 Å². The average molecular weight is 421 g/mol. The van der Waals surface area contributed by atoms with Crippen LogP contribution in [0.25, 0.3) is 0 Å². The zero-order valence-electron chi connectivity index (χ0n) is 18.4. The highest BCUT2D eigenvalue weighted by atomic mass is 16.7. The second kappa shape index (κ2) is 9.90. The van der Waals surface area contributed by atoms with Gasteiger partial charge in [-0.25, -0.2) is 0 Å². The summed E-state index contributed by atoms with van der Waals surface area (Å²) in [6.45, 7) is 8.07. The minimum absolute atomic E-state index is 0.00134. The van der Waals surface area contributed by atoms with Crippen molar-refractivity contribution in [3.8, 4) is 0 Å². The first-order valence-corrected chi connectivity index (χ1v) is 11.6. The van der Waals surface area contributed by atoms with Crippen molar-refractivity contribution in [3.63, 3.8) is 0 Å². The van der Waals surface area contributed by atoms with Crippen molar-refractivity contribution >= 4 is 5.78 Å². The summed E-state index contributed by atoms with van der Waals surface area (Å²) in [6.07, 6.45) is 7.46. The Morgan fingerprint density at radius 3 is 2.77 bits per heavy atom. The minimum Gasteiger partial charge on any atom is -0.381 e. The third-order valence-corrected chi connectivity index (χ3v) is 6.69. The lowest BCUT2D eigenvalue weighted by atomic mass is 9.90. The van der Waals surface area contributed by atoms with Crippen LogP contribution in [0, 0.1) is 0 Å². The molecule has 7 nitrogen and oxygen atoms in total. The van der Waals surface area contributed by atoms with E-state index in [-0.39, 0.29) is 23.5 Å². The molecule has 0 aliphatic carbocycles. The van der Waals surface area contributed by atoms with Crippen LogP contribution < -0.4 is 0 Å². The van der Waals surface area contributed by atoms with E-state index in [1.807, 2.05) is 6.07 Å². The molecule has 0 spiro atoms. The average Bonchev–Trinajstić information content (AvgIpc) is 3.44. The standard InChI is InChI=1S/C23H36N2O5/c1-23(2,16-29-22-7-3-4-11-28-22)21-15-18(30-24-21)14-20(26)19-6-5-10-25(19)17-8-12-27-13-9-17/h15,17,19,22H,3-14,16H2,1-2H3/t19-,22?/m0/s1. The number of carbonyl (C=O) groups is 1. The summed E-state index contributed by atoms with van der Waals surface area (Å²) >= 11 is 0. The third kappa shape index (κ3) is 5.31. The van der Waals surface area contributed by atoms with E-state index in [2.05, 4.69) is 23.9 Å². The molecule has 3 fully saturated rings. The first-order chi connectivity index (χ1) is 14.5. The van der Waals surface area contributed by atoms with E-state index in [4.69, 9.17) is 18.7 Å². The van der Waals surface area contributed by atoms with Crippen molar-refractivity contribution in [3.05, 3.63) is 17.5 Å². The molecule has 0 saturated carbocycles. The van der Waals surface area contributed by atoms with Gasteiger partial charge < -0.3 is 18.7 Å². The predicted molar refractivity (Wildman–Crippen MR) is 111 cm³/mol. The Kier molecular flexibility index (Phi) is 7.24. The first kappa shape index (κ1) is 21.9. The molecule has 0 bridgehead atoms. The van der Waals surface area contributed by atoms with Crippen LogP contribution in [0.15, 0.2) is 10.6 Å². The van der Waals surface area contributed by atoms with Crippen molar-refractivity contribution in [2.24, 2.45) is 0 Å². The first-order valence-electron chi connectivity index (χ1n) is 11.6. The Balaban J connectivity index is 1.32. The smallest absolute Gasteiger partial charge is 0.157 e. The van der Waals surface area contributed by atoms with Crippen LogP contribution in [0.2, 0.25) is 0 Å². The van der Waals surface area contributed by atoms with Gasteiger partial charge in [0.1, 0.15) is 5.76 Å². The van der Waals surface area contributed by atoms with Crippen molar-refractivity contribution < 1.29 is 23.5 Å². The lowest BCUT2D eigenvalue weighted by Crippen LogP contribution is -2.46. The highest BCUT2D eigenvalue weighted by Crippen LogP contribution is 2.28. The summed E-state index contributed by atoms with van der Waals surface area (Å²) in [5, 5.41) is 4.26. The lowest BCUT2D eigenvalue weighted by molar-refractivity contribution is -0.170. The normalized spacial score (nSPS) is 26.9. The van der Waals surface area contributed by atoms with Crippen molar-refractivity contribution in [2.75, 3.05) is 33.0 Å². The van der Waals surface area contributed by atoms with Gasteiger partial charge in [-0.15, -0.1) is 0 Å². The van der Waals surface area contributed by atoms with Crippen LogP contribution >= 0.6 is 0 Å². The Bertz CT molecular complexity index is 692. The number of likely N-dealkylation sites (tertiary alicyclic amines) is 1. The molecule has 3 aliphatic rings. The van der Waals surface area contributed by atoms with E-state index in [1.54, 1.807) is 0 Å². The van der Waals surface area contributed by atoms with Crippen LogP contribution in [-0.4, -0.2) is 67.2 Å². The van der Waals surface area contributed by atoms with E-state index in [9.17, 15) is 4.79 Å². The maximum Gasteiger partial charge on any atom is 0.157 e. The van der Waals surface area contributed by atoms with Crippen molar-refractivity contribution in [2.45, 2.75) is 89.0 Å². The SMILES string of the molecule is CC(C)(COC1CCCCO1)c1cc(CC(=O)[C@@H]2CCCN2C2CCOCC2)on1. The summed E-state index contributed by atoms with van der Waals surface area (Å²) in [5.41, 5.74) is 0.529. The molecule has 0 amide bonds. The van der Waals surface area contributed by atoms with Gasteiger partial charge in [0.25, 0.3) is 0 Å². The second-order valence-corrected chi connectivity index (χ2v) is 9.55. The number of nitrogens with zero attached hydrogens (tertiary/aromatic N) is 2. The number of ether oxygens (including phenoxy) is 3. The molecule has 1 aromatic rings. The van der Waals surface area contributed by atoms with Crippen LogP contribution in [0.5, 0.6) is 0 Å². The van der Waals surface area contributed by atoms with Gasteiger partial charge in [-0.1, -0.05) is 19.0 Å². The number of hydrogen-bond donors (Lipinski definition) is 0. The monoisotopic (exact) mass is 420 g/mol. The molecular weight excluding hydrogens is 384 g/mol. The Hall–Kier alpha value is -1.28. The Morgan fingerprint density at radius 1 is 1.17 bits per heavy atom. The molecule has 0 radical (unpaired) electrons. The number of Topliss-reactive ketones (excluding diaryl/α,β-unsaturated/α-hetero) is 1. The maximum absolute atomic E-state index is 13.1. The molecule has 4 rings (SSSR count). The van der Waals surface area contributed by atoms with Crippen LogP contribution in [-0.2, 0) is 30.8 Å². The number of ketones is 1. The topological polar surface area (TPSA) is 74.0 Å². The van der Waals surface area contributed by atoms with Crippen LogP contribution in [0.4, 0.5) is 0 Å². The summed E-state index contributed by atoms with van der Waals surface area (Å²) < 4.78 is 22.7. The quantitative estimate of drug-likeness (QED) is 0.639. The van der Waals surface area contributed by atoms with Crippen LogP contribution in [0.3, 0.4) is 0 Å². The molecule has 30 heavy (non-hydrogen) atoms. The summed E-state index contributed by atoms with van der Waals surface area (Å²) in [7, 11) is 0. The van der Waals surface area contributed by atoms with Gasteiger partial charge in [-0.3, -0.25) is 9.69 Å². The molecular formula is C23H36N2O5. The van der Waals surface area contributed by atoms with E-state index >= 15 is 0 Å². The number of aromatic nitrogens is 1. The lowest BCUT2D eigenvalue weighted by Gasteiger charge is -2.34. The highest BCUT2D eigenvalue weighted by molar-refractivity contribution is 5.86. The minimum atomic E-state index is -0.299. The molecule has 1 unspecified atom stereocenters. The molecule has 4 heterocycles. The molecule has 3 saturated heterocycles. The fraction of sp³-hybridized carbons (Fsp3) is 0.826. The number of carbonyl (C=O) groups excluding carboxylic acids is 1. The predicted octanol–water partition coefficient (Wildman–Crippen LogP) is 3.25. The molecule has 1 aromatic heterocycles. The van der Waals surface area contributed by atoms with E-state index in [1.165, 1.54) is 0 Å². The molecule has 0 N–H and O–H groups in total. The summed E-state index contributed by atoms with van der Waals surface area (Å²) in [5.74, 6) is 0.891. The van der Waals surface area contributed by atoms with Gasteiger partial charge >= 0.3 is 0 Å². The van der Waals surface area contributed by atoms with Gasteiger partial charge in [0.05, 0.1) is 24.8 Å². The number of rotatable bonds is 8. The van der Waals surface area contributed by atoms with Gasteiger partial charge in [-0.2, -0.15) is 0 Å². The van der Waals surface area contributed by atoms with Crippen LogP contribution in [0.1, 0.15) is 70.2 Å². The highest BCUT2D eigenvalue weighted by Gasteiger charge is 2.36. The Labute approximate surface area is 179 Å².